The number of hydrogen-bond donors (Lipinski definition) is 2. The van der Waals surface area contributed by atoms with Gasteiger partial charge in [0.15, 0.2) is 0 Å². The fourth-order valence-corrected chi connectivity index (χ4v) is 1.91. The molecule has 0 unspecified atom stereocenters. The normalized spacial score (nSPS) is 10.2. The largest absolute Gasteiger partial charge is 0.494 e. The highest BCUT2D eigenvalue weighted by Crippen LogP contribution is 2.17. The van der Waals surface area contributed by atoms with Crippen molar-refractivity contribution in [3.05, 3.63) is 42.2 Å². The van der Waals surface area contributed by atoms with Crippen LogP contribution in [0.25, 0.3) is 0 Å². The highest BCUT2D eigenvalue weighted by Gasteiger charge is 2.06. The third-order valence-corrected chi connectivity index (χ3v) is 2.96. The summed E-state index contributed by atoms with van der Waals surface area (Å²) in [5.41, 5.74) is 6.79. The summed E-state index contributed by atoms with van der Waals surface area (Å²) in [5, 5.41) is 3.28. The van der Waals surface area contributed by atoms with Gasteiger partial charge < -0.3 is 15.8 Å². The van der Waals surface area contributed by atoms with Gasteiger partial charge in [0.25, 0.3) is 0 Å². The molecule has 2 rings (SSSR count). The van der Waals surface area contributed by atoms with Gasteiger partial charge >= 0.3 is 0 Å². The van der Waals surface area contributed by atoms with E-state index in [1.165, 1.54) is 6.33 Å². The molecule has 0 aliphatic carbocycles. The number of benzene rings is 1. The van der Waals surface area contributed by atoms with E-state index in [4.69, 9.17) is 10.5 Å². The van der Waals surface area contributed by atoms with Crippen LogP contribution in [0, 0.1) is 0 Å². The zero-order valence-electron chi connectivity index (χ0n) is 11.7. The number of nitrogen functional groups attached to an aromatic ring is 1. The first-order valence-electron chi connectivity index (χ1n) is 6.82. The fourth-order valence-electron chi connectivity index (χ4n) is 1.91. The number of aromatic nitrogens is 2. The Bertz CT molecular complexity index is 531. The Balaban J connectivity index is 1.75. The molecule has 1 aromatic carbocycles. The SMILES string of the molecule is CCc1c(N)ncnc1NCCCOc1ccccc1. The molecule has 0 spiro atoms. The van der Waals surface area contributed by atoms with E-state index < -0.39 is 0 Å². The van der Waals surface area contributed by atoms with E-state index in [-0.39, 0.29) is 0 Å². The molecule has 5 nitrogen and oxygen atoms in total. The number of ether oxygens (including phenoxy) is 1. The molecule has 2 aromatic rings. The van der Waals surface area contributed by atoms with Crippen LogP contribution in [0.5, 0.6) is 5.75 Å². The second-order valence-corrected chi connectivity index (χ2v) is 4.38. The maximum absolute atomic E-state index is 5.82. The van der Waals surface area contributed by atoms with E-state index in [0.717, 1.165) is 36.5 Å². The van der Waals surface area contributed by atoms with Crippen molar-refractivity contribution in [2.75, 3.05) is 24.2 Å². The van der Waals surface area contributed by atoms with Crippen LogP contribution in [0.15, 0.2) is 36.7 Å². The molecular weight excluding hydrogens is 252 g/mol. The molecule has 1 aromatic heterocycles. The molecule has 0 aliphatic heterocycles. The molecule has 0 fully saturated rings. The van der Waals surface area contributed by atoms with Crippen molar-refractivity contribution in [2.45, 2.75) is 19.8 Å². The topological polar surface area (TPSA) is 73.1 Å². The van der Waals surface area contributed by atoms with Gasteiger partial charge in [-0.1, -0.05) is 25.1 Å². The highest BCUT2D eigenvalue weighted by atomic mass is 16.5. The average Bonchev–Trinajstić information content (AvgIpc) is 2.48. The molecule has 0 bridgehead atoms. The number of nitrogens with two attached hydrogens (primary N) is 1. The van der Waals surface area contributed by atoms with Crippen molar-refractivity contribution in [2.24, 2.45) is 0 Å². The van der Waals surface area contributed by atoms with E-state index in [9.17, 15) is 0 Å². The smallest absolute Gasteiger partial charge is 0.134 e. The maximum atomic E-state index is 5.82. The first kappa shape index (κ1) is 14.1. The molecule has 0 saturated heterocycles. The predicted octanol–water partition coefficient (Wildman–Crippen LogP) is 2.50. The van der Waals surface area contributed by atoms with Gasteiger partial charge in [-0.3, -0.25) is 0 Å². The number of nitrogens with one attached hydrogen (secondary N) is 1. The summed E-state index contributed by atoms with van der Waals surface area (Å²) < 4.78 is 5.63. The highest BCUT2D eigenvalue weighted by molar-refractivity contribution is 5.54. The lowest BCUT2D eigenvalue weighted by Gasteiger charge is -2.11. The van der Waals surface area contributed by atoms with Crippen LogP contribution in [-0.2, 0) is 6.42 Å². The lowest BCUT2D eigenvalue weighted by atomic mass is 10.2. The first-order valence-corrected chi connectivity index (χ1v) is 6.82. The Labute approximate surface area is 119 Å². The van der Waals surface area contributed by atoms with Gasteiger partial charge in [-0.25, -0.2) is 9.97 Å². The monoisotopic (exact) mass is 272 g/mol. The number of hydrogen-bond acceptors (Lipinski definition) is 5. The van der Waals surface area contributed by atoms with Gasteiger partial charge in [0.1, 0.15) is 23.7 Å². The Kier molecular flexibility index (Phi) is 5.17. The molecule has 0 saturated carbocycles. The molecule has 0 amide bonds. The quantitative estimate of drug-likeness (QED) is 0.758. The summed E-state index contributed by atoms with van der Waals surface area (Å²) in [6.07, 6.45) is 3.19. The molecular formula is C15H20N4O. The van der Waals surface area contributed by atoms with Crippen molar-refractivity contribution >= 4 is 11.6 Å². The lowest BCUT2D eigenvalue weighted by molar-refractivity contribution is 0.315. The molecule has 20 heavy (non-hydrogen) atoms. The van der Waals surface area contributed by atoms with E-state index in [0.29, 0.717) is 12.4 Å². The molecule has 1 heterocycles. The minimum atomic E-state index is 0.547. The van der Waals surface area contributed by atoms with Crippen molar-refractivity contribution in [3.8, 4) is 5.75 Å². The molecule has 0 atom stereocenters. The van der Waals surface area contributed by atoms with E-state index in [2.05, 4.69) is 15.3 Å². The van der Waals surface area contributed by atoms with E-state index in [1.54, 1.807) is 0 Å². The van der Waals surface area contributed by atoms with Gasteiger partial charge in [0.05, 0.1) is 6.61 Å². The lowest BCUT2D eigenvalue weighted by Crippen LogP contribution is -2.11. The minimum absolute atomic E-state index is 0.547. The first-order chi connectivity index (χ1) is 9.81. The summed E-state index contributed by atoms with van der Waals surface area (Å²) in [6.45, 7) is 3.49. The number of rotatable bonds is 7. The molecule has 0 radical (unpaired) electrons. The maximum Gasteiger partial charge on any atom is 0.134 e. The average molecular weight is 272 g/mol. The Morgan fingerprint density at radius 1 is 1.20 bits per heavy atom. The van der Waals surface area contributed by atoms with Crippen molar-refractivity contribution in [1.29, 1.82) is 0 Å². The Morgan fingerprint density at radius 3 is 2.75 bits per heavy atom. The van der Waals surface area contributed by atoms with Gasteiger partial charge in [-0.05, 0) is 25.0 Å². The van der Waals surface area contributed by atoms with Crippen LogP contribution in [0.3, 0.4) is 0 Å². The van der Waals surface area contributed by atoms with Crippen LogP contribution >= 0.6 is 0 Å². The summed E-state index contributed by atoms with van der Waals surface area (Å²) in [7, 11) is 0. The number of para-hydroxylation sites is 1. The predicted molar refractivity (Wildman–Crippen MR) is 80.9 cm³/mol. The minimum Gasteiger partial charge on any atom is -0.494 e. The standard InChI is InChI=1S/C15H20N4O/c1-2-13-14(16)18-11-19-15(13)17-9-6-10-20-12-7-4-3-5-8-12/h3-5,7-8,11H,2,6,9-10H2,1H3,(H3,16,17,18,19). The van der Waals surface area contributed by atoms with Gasteiger partial charge in [0, 0.05) is 12.1 Å². The summed E-state index contributed by atoms with van der Waals surface area (Å²) in [4.78, 5) is 8.22. The second kappa shape index (κ2) is 7.33. The molecule has 3 N–H and O–H groups in total. The van der Waals surface area contributed by atoms with Crippen molar-refractivity contribution in [3.63, 3.8) is 0 Å². The van der Waals surface area contributed by atoms with Crippen molar-refractivity contribution < 1.29 is 4.74 Å². The Morgan fingerprint density at radius 2 is 2.00 bits per heavy atom. The van der Waals surface area contributed by atoms with Crippen LogP contribution in [0.1, 0.15) is 18.9 Å². The summed E-state index contributed by atoms with van der Waals surface area (Å²) >= 11 is 0. The fraction of sp³-hybridized carbons (Fsp3) is 0.333. The number of nitrogens with zero attached hydrogens (tertiary/aromatic N) is 2. The number of anilines is 2. The summed E-state index contributed by atoms with van der Waals surface area (Å²) in [5.74, 6) is 2.26. The van der Waals surface area contributed by atoms with Gasteiger partial charge in [0.2, 0.25) is 0 Å². The molecule has 5 heteroatoms. The van der Waals surface area contributed by atoms with Crippen molar-refractivity contribution in [1.82, 2.24) is 9.97 Å². The second-order valence-electron chi connectivity index (χ2n) is 4.38. The van der Waals surface area contributed by atoms with Crippen LogP contribution < -0.4 is 15.8 Å². The summed E-state index contributed by atoms with van der Waals surface area (Å²) in [6, 6.07) is 9.80. The zero-order valence-corrected chi connectivity index (χ0v) is 11.7. The molecule has 0 aliphatic rings. The van der Waals surface area contributed by atoms with Crippen LogP contribution in [0.4, 0.5) is 11.6 Å². The molecule has 106 valence electrons. The van der Waals surface area contributed by atoms with Crippen LogP contribution in [-0.4, -0.2) is 23.1 Å². The van der Waals surface area contributed by atoms with E-state index >= 15 is 0 Å². The van der Waals surface area contributed by atoms with Crippen LogP contribution in [0.2, 0.25) is 0 Å². The third-order valence-electron chi connectivity index (χ3n) is 2.96. The van der Waals surface area contributed by atoms with Gasteiger partial charge in [-0.15, -0.1) is 0 Å². The van der Waals surface area contributed by atoms with E-state index in [1.807, 2.05) is 37.3 Å². The third kappa shape index (κ3) is 3.85. The zero-order chi connectivity index (χ0) is 14.2. The Hall–Kier alpha value is -2.30. The van der Waals surface area contributed by atoms with Gasteiger partial charge in [-0.2, -0.15) is 0 Å².